The third-order valence-electron chi connectivity index (χ3n) is 4.24. The summed E-state index contributed by atoms with van der Waals surface area (Å²) in [6, 6.07) is 7.76. The second-order valence-corrected chi connectivity index (χ2v) is 6.04. The van der Waals surface area contributed by atoms with Crippen molar-refractivity contribution in [1.29, 1.82) is 0 Å². The Morgan fingerprint density at radius 1 is 1.39 bits per heavy atom. The molecule has 1 aromatic rings. The van der Waals surface area contributed by atoms with Gasteiger partial charge in [-0.2, -0.15) is 0 Å². The molecule has 2 aliphatic heterocycles. The van der Waals surface area contributed by atoms with E-state index in [1.54, 1.807) is 0 Å². The molecule has 2 aliphatic rings. The fraction of sp³-hybridized carbons (Fsp3) is 0.529. The van der Waals surface area contributed by atoms with E-state index in [1.807, 2.05) is 23.1 Å². The Bertz CT molecular complexity index is 570. The van der Waals surface area contributed by atoms with Gasteiger partial charge in [0, 0.05) is 32.6 Å². The molecule has 1 unspecified atom stereocenters. The molecule has 0 radical (unpaired) electrons. The van der Waals surface area contributed by atoms with Gasteiger partial charge in [-0.3, -0.25) is 9.59 Å². The van der Waals surface area contributed by atoms with Gasteiger partial charge in [0.25, 0.3) is 0 Å². The molecule has 6 nitrogen and oxygen atoms in total. The summed E-state index contributed by atoms with van der Waals surface area (Å²) in [4.78, 5) is 25.7. The lowest BCUT2D eigenvalue weighted by Gasteiger charge is -2.23. The van der Waals surface area contributed by atoms with Gasteiger partial charge in [0.05, 0.1) is 13.2 Å². The Labute approximate surface area is 136 Å². The number of morpholine rings is 1. The molecule has 3 rings (SSSR count). The highest BCUT2D eigenvalue weighted by Crippen LogP contribution is 2.15. The molecule has 0 spiro atoms. The van der Waals surface area contributed by atoms with Crippen LogP contribution in [0.3, 0.4) is 0 Å². The Kier molecular flexibility index (Phi) is 5.25. The van der Waals surface area contributed by atoms with Gasteiger partial charge in [-0.15, -0.1) is 0 Å². The van der Waals surface area contributed by atoms with Crippen LogP contribution in [0.4, 0.5) is 0 Å². The number of likely N-dealkylation sites (tertiary alicyclic amines) is 1. The molecule has 2 fully saturated rings. The second-order valence-electron chi connectivity index (χ2n) is 6.04. The first-order valence-electron chi connectivity index (χ1n) is 8.17. The van der Waals surface area contributed by atoms with E-state index in [9.17, 15) is 9.59 Å². The second kappa shape index (κ2) is 7.57. The summed E-state index contributed by atoms with van der Waals surface area (Å²) in [5, 5.41) is 6.07. The van der Waals surface area contributed by atoms with Crippen molar-refractivity contribution in [2.24, 2.45) is 0 Å². The zero-order valence-corrected chi connectivity index (χ0v) is 13.2. The van der Waals surface area contributed by atoms with Gasteiger partial charge >= 0.3 is 0 Å². The largest absolute Gasteiger partial charge is 0.378 e. The number of rotatable bonds is 5. The maximum Gasteiger partial charge on any atom is 0.239 e. The van der Waals surface area contributed by atoms with Gasteiger partial charge in [-0.05, 0) is 17.5 Å². The van der Waals surface area contributed by atoms with Gasteiger partial charge in [-0.25, -0.2) is 0 Å². The van der Waals surface area contributed by atoms with Gasteiger partial charge < -0.3 is 20.3 Å². The highest BCUT2D eigenvalue weighted by molar-refractivity contribution is 5.82. The van der Waals surface area contributed by atoms with E-state index in [-0.39, 0.29) is 17.9 Å². The molecule has 0 aromatic heterocycles. The van der Waals surface area contributed by atoms with Crippen LogP contribution in [0.5, 0.6) is 0 Å². The average Bonchev–Trinajstić information content (AvgIpc) is 2.99. The maximum absolute atomic E-state index is 12.1. The lowest BCUT2D eigenvalue weighted by Crippen LogP contribution is -2.51. The van der Waals surface area contributed by atoms with Crippen LogP contribution >= 0.6 is 0 Å². The normalized spacial score (nSPS) is 21.5. The summed E-state index contributed by atoms with van der Waals surface area (Å²) in [7, 11) is 0. The maximum atomic E-state index is 12.1. The fourth-order valence-electron chi connectivity index (χ4n) is 2.98. The van der Waals surface area contributed by atoms with E-state index in [0.717, 1.165) is 24.1 Å². The molecule has 2 amide bonds. The molecular formula is C17H23N3O3. The highest BCUT2D eigenvalue weighted by atomic mass is 16.5. The molecule has 2 heterocycles. The van der Waals surface area contributed by atoms with Crippen molar-refractivity contribution >= 4 is 11.8 Å². The van der Waals surface area contributed by atoms with Crippen molar-refractivity contribution in [3.8, 4) is 0 Å². The Morgan fingerprint density at radius 2 is 2.26 bits per heavy atom. The van der Waals surface area contributed by atoms with Gasteiger partial charge in [0.1, 0.15) is 6.04 Å². The average molecular weight is 317 g/mol. The van der Waals surface area contributed by atoms with Gasteiger partial charge in [0.2, 0.25) is 11.8 Å². The van der Waals surface area contributed by atoms with Gasteiger partial charge in [-0.1, -0.05) is 24.3 Å². The summed E-state index contributed by atoms with van der Waals surface area (Å²) < 4.78 is 5.30. The predicted molar refractivity (Wildman–Crippen MR) is 85.5 cm³/mol. The molecule has 1 aromatic carbocycles. The summed E-state index contributed by atoms with van der Waals surface area (Å²) in [5.41, 5.74) is 2.14. The zero-order chi connectivity index (χ0) is 16.1. The molecule has 2 N–H and O–H groups in total. The molecule has 0 saturated carbocycles. The number of nitrogens with zero attached hydrogens (tertiary/aromatic N) is 1. The van der Waals surface area contributed by atoms with Crippen LogP contribution in [0.15, 0.2) is 24.3 Å². The van der Waals surface area contributed by atoms with Crippen molar-refractivity contribution in [3.63, 3.8) is 0 Å². The van der Waals surface area contributed by atoms with Crippen LogP contribution in [0, 0.1) is 0 Å². The van der Waals surface area contributed by atoms with Crippen LogP contribution in [0.1, 0.15) is 24.0 Å². The first kappa shape index (κ1) is 16.0. The van der Waals surface area contributed by atoms with Crippen molar-refractivity contribution in [2.75, 3.05) is 26.3 Å². The van der Waals surface area contributed by atoms with E-state index in [4.69, 9.17) is 4.74 Å². The number of carbonyl (C=O) groups excluding carboxylic acids is 2. The lowest BCUT2D eigenvalue weighted by molar-refractivity contribution is -0.128. The van der Waals surface area contributed by atoms with Crippen LogP contribution in [0.25, 0.3) is 0 Å². The highest BCUT2D eigenvalue weighted by Gasteiger charge is 2.21. The minimum atomic E-state index is -0.269. The number of hydrogen-bond acceptors (Lipinski definition) is 4. The quantitative estimate of drug-likeness (QED) is 0.825. The van der Waals surface area contributed by atoms with Crippen molar-refractivity contribution in [1.82, 2.24) is 15.5 Å². The van der Waals surface area contributed by atoms with Gasteiger partial charge in [0.15, 0.2) is 0 Å². The molecule has 0 aliphatic carbocycles. The number of carbonyl (C=O) groups is 2. The Hall–Kier alpha value is -1.92. The molecule has 124 valence electrons. The van der Waals surface area contributed by atoms with E-state index in [0.29, 0.717) is 39.3 Å². The molecule has 0 bridgehead atoms. The Balaban J connectivity index is 1.52. The van der Waals surface area contributed by atoms with Crippen LogP contribution in [-0.2, 0) is 27.4 Å². The third kappa shape index (κ3) is 4.30. The third-order valence-corrected chi connectivity index (χ3v) is 4.24. The number of ether oxygens (including phenoxy) is 1. The standard InChI is InChI=1S/C17H23N3O3/c21-16-5-2-7-20(16)11-14-4-1-3-13(9-14)10-19-17(22)15-12-23-8-6-18-15/h1,3-4,9,15,18H,2,5-8,10-12H2,(H,19,22). The SMILES string of the molecule is O=C(NCc1cccc(CN2CCCC2=O)c1)C1COCCN1. The number of hydrogen-bond donors (Lipinski definition) is 2. The summed E-state index contributed by atoms with van der Waals surface area (Å²) in [6.07, 6.45) is 1.61. The minimum Gasteiger partial charge on any atom is -0.378 e. The molecule has 23 heavy (non-hydrogen) atoms. The van der Waals surface area contributed by atoms with Crippen molar-refractivity contribution in [2.45, 2.75) is 32.0 Å². The minimum absolute atomic E-state index is 0.0372. The molecule has 6 heteroatoms. The Morgan fingerprint density at radius 3 is 3.00 bits per heavy atom. The van der Waals surface area contributed by atoms with Crippen molar-refractivity contribution < 1.29 is 14.3 Å². The number of benzene rings is 1. The fourth-order valence-corrected chi connectivity index (χ4v) is 2.98. The van der Waals surface area contributed by atoms with Crippen LogP contribution < -0.4 is 10.6 Å². The van der Waals surface area contributed by atoms with E-state index < -0.39 is 0 Å². The molecule has 2 saturated heterocycles. The van der Waals surface area contributed by atoms with E-state index in [2.05, 4.69) is 16.7 Å². The summed E-state index contributed by atoms with van der Waals surface area (Å²) in [5.74, 6) is 0.192. The van der Waals surface area contributed by atoms with Crippen LogP contribution in [0.2, 0.25) is 0 Å². The monoisotopic (exact) mass is 317 g/mol. The van der Waals surface area contributed by atoms with Crippen LogP contribution in [-0.4, -0.2) is 49.1 Å². The first-order chi connectivity index (χ1) is 11.2. The van der Waals surface area contributed by atoms with E-state index >= 15 is 0 Å². The lowest BCUT2D eigenvalue weighted by atomic mass is 10.1. The number of nitrogens with one attached hydrogen (secondary N) is 2. The van der Waals surface area contributed by atoms with E-state index in [1.165, 1.54) is 0 Å². The molecule has 1 atom stereocenters. The topological polar surface area (TPSA) is 70.7 Å². The molecular weight excluding hydrogens is 294 g/mol. The zero-order valence-electron chi connectivity index (χ0n) is 13.2. The van der Waals surface area contributed by atoms with Crippen molar-refractivity contribution in [3.05, 3.63) is 35.4 Å². The predicted octanol–water partition coefficient (Wildman–Crippen LogP) is 0.414. The summed E-state index contributed by atoms with van der Waals surface area (Å²) >= 11 is 0. The smallest absolute Gasteiger partial charge is 0.239 e. The number of amides is 2. The first-order valence-corrected chi connectivity index (χ1v) is 8.17. The summed E-state index contributed by atoms with van der Waals surface area (Å²) in [6.45, 7) is 3.76.